The van der Waals surface area contributed by atoms with Gasteiger partial charge in [-0.05, 0) is 17.7 Å². The highest BCUT2D eigenvalue weighted by Gasteiger charge is 2.16. The van der Waals surface area contributed by atoms with Gasteiger partial charge in [-0.1, -0.05) is 17.7 Å². The molecule has 2 rings (SSSR count). The zero-order chi connectivity index (χ0) is 7.84. The van der Waals surface area contributed by atoms with Gasteiger partial charge in [-0.3, -0.25) is 4.79 Å². The molecular weight excluding hydrogens is 213 g/mol. The number of hydrogen-bond acceptors (Lipinski definition) is 1. The average molecular weight is 222 g/mol. The predicted molar refractivity (Wildman–Crippen MR) is 54.6 cm³/mol. The molecule has 5 heteroatoms. The number of fused-ring (bicyclic) bond motifs is 1. The van der Waals surface area contributed by atoms with Crippen molar-refractivity contribution >= 4 is 35.6 Å². The van der Waals surface area contributed by atoms with Crippen LogP contribution >= 0.6 is 24.0 Å². The molecule has 0 unspecified atom stereocenters. The minimum Gasteiger partial charge on any atom is -0.412 e. The van der Waals surface area contributed by atoms with Crippen molar-refractivity contribution in [3.63, 3.8) is 0 Å². The number of carbonyl (C=O) groups excluding carboxylic acids is 1. The van der Waals surface area contributed by atoms with Crippen LogP contribution in [-0.4, -0.2) is 11.4 Å². The summed E-state index contributed by atoms with van der Waals surface area (Å²) in [5.41, 5.74) is 1.88. The number of amides is 1. The van der Waals surface area contributed by atoms with E-state index in [2.05, 4.69) is 5.32 Å². The number of rotatable bonds is 0. The van der Waals surface area contributed by atoms with Gasteiger partial charge in [-0.15, -0.1) is 12.4 Å². The molecule has 0 saturated carbocycles. The van der Waals surface area contributed by atoms with Crippen LogP contribution in [0, 0.1) is 0 Å². The van der Waals surface area contributed by atoms with Crippen molar-refractivity contribution < 1.29 is 10.3 Å². The third-order valence-corrected chi connectivity index (χ3v) is 1.93. The Kier molecular flexibility index (Phi) is 4.20. The van der Waals surface area contributed by atoms with E-state index in [-0.39, 0.29) is 23.8 Å². The van der Waals surface area contributed by atoms with Crippen molar-refractivity contribution in [1.29, 1.82) is 0 Å². The summed E-state index contributed by atoms with van der Waals surface area (Å²) in [4.78, 5) is 10.9. The van der Waals surface area contributed by atoms with Crippen LogP contribution in [0.15, 0.2) is 18.2 Å². The zero-order valence-corrected chi connectivity index (χ0v) is 8.21. The summed E-state index contributed by atoms with van der Waals surface area (Å²) in [5, 5.41) is 3.37. The van der Waals surface area contributed by atoms with Crippen LogP contribution in [0.4, 0.5) is 5.69 Å². The quantitative estimate of drug-likeness (QED) is 0.709. The molecule has 0 spiro atoms. The molecule has 13 heavy (non-hydrogen) atoms. The lowest BCUT2D eigenvalue weighted by Gasteiger charge is -1.96. The van der Waals surface area contributed by atoms with E-state index in [0.29, 0.717) is 11.4 Å². The fraction of sp³-hybridized carbons (Fsp3) is 0.125. The fourth-order valence-electron chi connectivity index (χ4n) is 1.19. The van der Waals surface area contributed by atoms with E-state index in [1.54, 1.807) is 12.1 Å². The summed E-state index contributed by atoms with van der Waals surface area (Å²) in [6.07, 6.45) is 0.479. The first kappa shape index (κ1) is 12.2. The van der Waals surface area contributed by atoms with Crippen molar-refractivity contribution in [3.05, 3.63) is 28.8 Å². The minimum atomic E-state index is 0. The van der Waals surface area contributed by atoms with E-state index in [1.165, 1.54) is 0 Å². The van der Waals surface area contributed by atoms with Gasteiger partial charge in [0, 0.05) is 10.7 Å². The maximum atomic E-state index is 10.9. The first-order valence-corrected chi connectivity index (χ1v) is 3.72. The fourth-order valence-corrected chi connectivity index (χ4v) is 1.36. The van der Waals surface area contributed by atoms with Crippen molar-refractivity contribution in [3.8, 4) is 0 Å². The van der Waals surface area contributed by atoms with Gasteiger partial charge in [0.05, 0.1) is 6.42 Å². The van der Waals surface area contributed by atoms with Gasteiger partial charge >= 0.3 is 0 Å². The van der Waals surface area contributed by atoms with Gasteiger partial charge < -0.3 is 10.8 Å². The highest BCUT2D eigenvalue weighted by atomic mass is 35.5. The third-order valence-electron chi connectivity index (χ3n) is 1.70. The highest BCUT2D eigenvalue weighted by molar-refractivity contribution is 6.31. The Morgan fingerprint density at radius 3 is 2.77 bits per heavy atom. The topological polar surface area (TPSA) is 60.6 Å². The van der Waals surface area contributed by atoms with Gasteiger partial charge in [0.2, 0.25) is 5.91 Å². The maximum Gasteiger partial charge on any atom is 0.228 e. The van der Waals surface area contributed by atoms with Crippen LogP contribution in [-0.2, 0) is 11.2 Å². The number of anilines is 1. The number of benzene rings is 1. The lowest BCUT2D eigenvalue weighted by atomic mass is 10.2. The molecule has 0 aromatic heterocycles. The second kappa shape index (κ2) is 4.46. The molecular formula is C8H9Cl2NO2. The summed E-state index contributed by atoms with van der Waals surface area (Å²) in [5.74, 6) is 0.0438. The second-order valence-corrected chi connectivity index (χ2v) is 2.96. The molecule has 1 amide bonds. The van der Waals surface area contributed by atoms with E-state index in [9.17, 15) is 4.79 Å². The summed E-state index contributed by atoms with van der Waals surface area (Å²) in [6.45, 7) is 0. The number of halogens is 2. The number of carbonyl (C=O) groups is 1. The number of hydrogen-bond donors (Lipinski definition) is 1. The molecule has 0 saturated heterocycles. The molecule has 72 valence electrons. The molecule has 1 aliphatic heterocycles. The van der Waals surface area contributed by atoms with Gasteiger partial charge in [0.1, 0.15) is 0 Å². The van der Waals surface area contributed by atoms with E-state index in [0.717, 1.165) is 11.3 Å². The van der Waals surface area contributed by atoms with Crippen LogP contribution in [0.25, 0.3) is 0 Å². The lowest BCUT2D eigenvalue weighted by Crippen LogP contribution is -2.03. The van der Waals surface area contributed by atoms with Gasteiger partial charge in [0.15, 0.2) is 0 Å². The average Bonchev–Trinajstić information content (AvgIpc) is 2.27. The standard InChI is InChI=1S/C8H6ClNO.ClH.H2O/c9-6-2-1-5-3-8(11)10-7(5)4-6;;/h1-2,4H,3H2,(H,10,11);1H;1H2. The lowest BCUT2D eigenvalue weighted by molar-refractivity contribution is -0.115. The Labute approximate surface area is 86.8 Å². The number of nitrogens with one attached hydrogen (secondary N) is 1. The summed E-state index contributed by atoms with van der Waals surface area (Å²) < 4.78 is 0. The summed E-state index contributed by atoms with van der Waals surface area (Å²) >= 11 is 5.72. The van der Waals surface area contributed by atoms with Crippen molar-refractivity contribution in [2.24, 2.45) is 0 Å². The Morgan fingerprint density at radius 2 is 2.08 bits per heavy atom. The van der Waals surface area contributed by atoms with Crippen molar-refractivity contribution in [2.45, 2.75) is 6.42 Å². The molecule has 0 atom stereocenters. The van der Waals surface area contributed by atoms with Crippen LogP contribution in [0.2, 0.25) is 5.02 Å². The Morgan fingerprint density at radius 1 is 1.38 bits per heavy atom. The first-order valence-electron chi connectivity index (χ1n) is 3.34. The maximum absolute atomic E-state index is 10.9. The van der Waals surface area contributed by atoms with Gasteiger partial charge in [-0.25, -0.2) is 0 Å². The van der Waals surface area contributed by atoms with Crippen LogP contribution in [0.1, 0.15) is 5.56 Å². The Hall–Kier alpha value is -0.770. The molecule has 1 aliphatic rings. The molecule has 1 aromatic carbocycles. The van der Waals surface area contributed by atoms with Gasteiger partial charge in [-0.2, -0.15) is 0 Å². The SMILES string of the molecule is Cl.O.O=C1Cc2ccc(Cl)cc2N1. The second-order valence-electron chi connectivity index (χ2n) is 2.53. The van der Waals surface area contributed by atoms with Crippen molar-refractivity contribution in [2.75, 3.05) is 5.32 Å². The Bertz CT molecular complexity index is 328. The van der Waals surface area contributed by atoms with E-state index in [4.69, 9.17) is 11.6 Å². The van der Waals surface area contributed by atoms with E-state index < -0.39 is 0 Å². The van der Waals surface area contributed by atoms with Crippen molar-refractivity contribution in [1.82, 2.24) is 0 Å². The van der Waals surface area contributed by atoms with E-state index >= 15 is 0 Å². The monoisotopic (exact) mass is 221 g/mol. The molecule has 1 aromatic rings. The van der Waals surface area contributed by atoms with Crippen LogP contribution in [0.3, 0.4) is 0 Å². The molecule has 0 radical (unpaired) electrons. The Balaban J connectivity index is 0.000000720. The summed E-state index contributed by atoms with van der Waals surface area (Å²) in [7, 11) is 0. The molecule has 3 nitrogen and oxygen atoms in total. The smallest absolute Gasteiger partial charge is 0.228 e. The zero-order valence-electron chi connectivity index (χ0n) is 6.63. The first-order chi connectivity index (χ1) is 5.25. The van der Waals surface area contributed by atoms with E-state index in [1.807, 2.05) is 6.07 Å². The molecule has 0 bridgehead atoms. The normalized spacial score (nSPS) is 12.2. The van der Waals surface area contributed by atoms with Crippen LogP contribution in [0.5, 0.6) is 0 Å². The molecule has 1 heterocycles. The minimum absolute atomic E-state index is 0. The van der Waals surface area contributed by atoms with Gasteiger partial charge in [0.25, 0.3) is 0 Å². The largest absolute Gasteiger partial charge is 0.412 e. The highest BCUT2D eigenvalue weighted by Crippen LogP contribution is 2.25. The molecule has 0 fully saturated rings. The molecule has 3 N–H and O–H groups in total. The predicted octanol–water partition coefficient (Wildman–Crippen LogP) is 1.43. The van der Waals surface area contributed by atoms with Crippen LogP contribution < -0.4 is 5.32 Å². The summed E-state index contributed by atoms with van der Waals surface area (Å²) in [6, 6.07) is 5.43. The molecule has 0 aliphatic carbocycles. The third kappa shape index (κ3) is 2.34.